The number of phenols is 1. The van der Waals surface area contributed by atoms with Crippen LogP contribution in [0.1, 0.15) is 13.8 Å². The number of aliphatic hydroxyl groups excluding tert-OH is 1. The molecule has 3 nitrogen and oxygen atoms in total. The van der Waals surface area contributed by atoms with E-state index in [9.17, 15) is 10.2 Å². The molecule has 0 spiro atoms. The van der Waals surface area contributed by atoms with E-state index in [2.05, 4.69) is 0 Å². The van der Waals surface area contributed by atoms with E-state index in [1.54, 1.807) is 18.2 Å². The first kappa shape index (κ1) is 13.4. The second-order valence-corrected chi connectivity index (χ2v) is 4.94. The minimum atomic E-state index is -0.477. The van der Waals surface area contributed by atoms with Gasteiger partial charge in [0, 0.05) is 10.6 Å². The molecule has 0 aliphatic heterocycles. The van der Waals surface area contributed by atoms with Gasteiger partial charge in [-0.3, -0.25) is 0 Å². The van der Waals surface area contributed by atoms with E-state index in [1.165, 1.54) is 11.8 Å². The molecule has 0 aliphatic carbocycles. The standard InChI is InChI=1S/C12H18O3S/c1-9(2)15-7-11(14)8-16-12-5-3-4-10(13)6-12/h3-6,9,11,13-14H,7-8H2,1-2H3. The first-order chi connectivity index (χ1) is 7.58. The van der Waals surface area contributed by atoms with Crippen molar-refractivity contribution in [2.75, 3.05) is 12.4 Å². The molecule has 0 radical (unpaired) electrons. The van der Waals surface area contributed by atoms with Gasteiger partial charge in [-0.1, -0.05) is 6.07 Å². The fourth-order valence-corrected chi connectivity index (χ4v) is 1.98. The summed E-state index contributed by atoms with van der Waals surface area (Å²) in [5.41, 5.74) is 0. The van der Waals surface area contributed by atoms with Crippen LogP contribution >= 0.6 is 11.8 Å². The summed E-state index contributed by atoms with van der Waals surface area (Å²) in [4.78, 5) is 0.948. The largest absolute Gasteiger partial charge is 0.508 e. The second kappa shape index (κ2) is 6.78. The zero-order chi connectivity index (χ0) is 12.0. The molecule has 0 saturated heterocycles. The van der Waals surface area contributed by atoms with Crippen LogP contribution in [0.15, 0.2) is 29.2 Å². The molecular weight excluding hydrogens is 224 g/mol. The third kappa shape index (κ3) is 5.39. The summed E-state index contributed by atoms with van der Waals surface area (Å²) in [5.74, 6) is 0.814. The molecule has 2 N–H and O–H groups in total. The zero-order valence-electron chi connectivity index (χ0n) is 9.59. The molecule has 1 rings (SSSR count). The van der Waals surface area contributed by atoms with E-state index < -0.39 is 6.10 Å². The van der Waals surface area contributed by atoms with Crippen LogP contribution in [0.25, 0.3) is 0 Å². The highest BCUT2D eigenvalue weighted by atomic mass is 32.2. The number of phenolic OH excluding ortho intramolecular Hbond substituents is 1. The van der Waals surface area contributed by atoms with Crippen LogP contribution in [-0.2, 0) is 4.74 Å². The van der Waals surface area contributed by atoms with Crippen molar-refractivity contribution in [3.05, 3.63) is 24.3 Å². The van der Waals surface area contributed by atoms with Crippen molar-refractivity contribution in [3.63, 3.8) is 0 Å². The molecule has 1 unspecified atom stereocenters. The lowest BCUT2D eigenvalue weighted by Crippen LogP contribution is -2.20. The van der Waals surface area contributed by atoms with Gasteiger partial charge in [-0.25, -0.2) is 0 Å². The Morgan fingerprint density at radius 1 is 1.38 bits per heavy atom. The number of thioether (sulfide) groups is 1. The van der Waals surface area contributed by atoms with Gasteiger partial charge < -0.3 is 14.9 Å². The molecule has 0 saturated carbocycles. The summed E-state index contributed by atoms with van der Waals surface area (Å²) in [7, 11) is 0. The van der Waals surface area contributed by atoms with Crippen LogP contribution in [0.3, 0.4) is 0 Å². The maximum absolute atomic E-state index is 9.62. The van der Waals surface area contributed by atoms with Crippen molar-refractivity contribution in [3.8, 4) is 5.75 Å². The van der Waals surface area contributed by atoms with Crippen LogP contribution in [0.5, 0.6) is 5.75 Å². The highest BCUT2D eigenvalue weighted by molar-refractivity contribution is 7.99. The molecule has 0 bridgehead atoms. The Hall–Kier alpha value is -0.710. The number of benzene rings is 1. The summed E-state index contributed by atoms with van der Waals surface area (Å²) in [5, 5.41) is 18.9. The molecule has 90 valence electrons. The van der Waals surface area contributed by atoms with Crippen molar-refractivity contribution in [2.24, 2.45) is 0 Å². The van der Waals surface area contributed by atoms with Crippen molar-refractivity contribution in [1.29, 1.82) is 0 Å². The molecule has 0 fully saturated rings. The van der Waals surface area contributed by atoms with Gasteiger partial charge in [0.15, 0.2) is 0 Å². The Balaban J connectivity index is 2.28. The fourth-order valence-electron chi connectivity index (χ4n) is 1.12. The number of hydrogen-bond donors (Lipinski definition) is 2. The van der Waals surface area contributed by atoms with Crippen LogP contribution in [-0.4, -0.2) is 34.8 Å². The topological polar surface area (TPSA) is 49.7 Å². The predicted octanol–water partition coefficient (Wildman–Crippen LogP) is 2.27. The SMILES string of the molecule is CC(C)OCC(O)CSc1cccc(O)c1. The maximum Gasteiger partial charge on any atom is 0.116 e. The lowest BCUT2D eigenvalue weighted by molar-refractivity contribution is 0.0152. The lowest BCUT2D eigenvalue weighted by Gasteiger charge is -2.13. The molecule has 1 atom stereocenters. The van der Waals surface area contributed by atoms with Gasteiger partial charge in [0.05, 0.1) is 18.8 Å². The Morgan fingerprint density at radius 3 is 2.75 bits per heavy atom. The summed E-state index contributed by atoms with van der Waals surface area (Å²) in [6.45, 7) is 4.23. The lowest BCUT2D eigenvalue weighted by atomic mass is 10.3. The van der Waals surface area contributed by atoms with Gasteiger partial charge in [-0.05, 0) is 32.0 Å². The third-order valence-electron chi connectivity index (χ3n) is 1.88. The molecular formula is C12H18O3S. The summed E-state index contributed by atoms with van der Waals surface area (Å²) in [6.07, 6.45) is -0.338. The van der Waals surface area contributed by atoms with Crippen LogP contribution < -0.4 is 0 Å². The second-order valence-electron chi connectivity index (χ2n) is 3.84. The fraction of sp³-hybridized carbons (Fsp3) is 0.500. The van der Waals surface area contributed by atoms with Gasteiger partial charge in [0.2, 0.25) is 0 Å². The van der Waals surface area contributed by atoms with Crippen molar-refractivity contribution in [2.45, 2.75) is 31.0 Å². The van der Waals surface area contributed by atoms with Gasteiger partial charge >= 0.3 is 0 Å². The molecule has 0 aromatic heterocycles. The minimum Gasteiger partial charge on any atom is -0.508 e. The van der Waals surface area contributed by atoms with Crippen LogP contribution in [0.4, 0.5) is 0 Å². The summed E-state index contributed by atoms with van der Waals surface area (Å²) in [6, 6.07) is 7.00. The van der Waals surface area contributed by atoms with Gasteiger partial charge in [-0.15, -0.1) is 11.8 Å². The Labute approximate surface area is 100 Å². The normalized spacial score (nSPS) is 13.0. The number of hydrogen-bond acceptors (Lipinski definition) is 4. The Kier molecular flexibility index (Phi) is 5.66. The van der Waals surface area contributed by atoms with Gasteiger partial charge in [-0.2, -0.15) is 0 Å². The van der Waals surface area contributed by atoms with Gasteiger partial charge in [0.25, 0.3) is 0 Å². The zero-order valence-corrected chi connectivity index (χ0v) is 10.4. The summed E-state index contributed by atoms with van der Waals surface area (Å²) >= 11 is 1.50. The first-order valence-electron chi connectivity index (χ1n) is 5.29. The van der Waals surface area contributed by atoms with Crippen molar-refractivity contribution >= 4 is 11.8 Å². The molecule has 4 heteroatoms. The van der Waals surface area contributed by atoms with E-state index in [-0.39, 0.29) is 11.9 Å². The van der Waals surface area contributed by atoms with E-state index >= 15 is 0 Å². The number of ether oxygens (including phenoxy) is 1. The third-order valence-corrected chi connectivity index (χ3v) is 3.02. The quantitative estimate of drug-likeness (QED) is 0.751. The highest BCUT2D eigenvalue weighted by Crippen LogP contribution is 2.22. The Bertz CT molecular complexity index is 315. The molecule has 1 aromatic carbocycles. The first-order valence-corrected chi connectivity index (χ1v) is 6.28. The molecule has 0 amide bonds. The number of rotatable bonds is 6. The monoisotopic (exact) mass is 242 g/mol. The predicted molar refractivity (Wildman–Crippen MR) is 65.9 cm³/mol. The Morgan fingerprint density at radius 2 is 2.12 bits per heavy atom. The van der Waals surface area contributed by atoms with Crippen molar-refractivity contribution < 1.29 is 14.9 Å². The average molecular weight is 242 g/mol. The molecule has 0 heterocycles. The van der Waals surface area contributed by atoms with E-state index in [4.69, 9.17) is 4.74 Å². The maximum atomic E-state index is 9.62. The van der Waals surface area contributed by atoms with Crippen LogP contribution in [0.2, 0.25) is 0 Å². The van der Waals surface area contributed by atoms with Crippen molar-refractivity contribution in [1.82, 2.24) is 0 Å². The average Bonchev–Trinajstić information content (AvgIpc) is 2.23. The molecule has 0 aliphatic rings. The van der Waals surface area contributed by atoms with Crippen LogP contribution in [0, 0.1) is 0 Å². The highest BCUT2D eigenvalue weighted by Gasteiger charge is 2.06. The van der Waals surface area contributed by atoms with E-state index in [0.717, 1.165) is 4.90 Å². The van der Waals surface area contributed by atoms with Gasteiger partial charge in [0.1, 0.15) is 5.75 Å². The minimum absolute atomic E-state index is 0.139. The smallest absolute Gasteiger partial charge is 0.116 e. The van der Waals surface area contributed by atoms with E-state index in [1.807, 2.05) is 19.9 Å². The number of aliphatic hydroxyl groups is 1. The molecule has 16 heavy (non-hydrogen) atoms. The summed E-state index contributed by atoms with van der Waals surface area (Å²) < 4.78 is 5.30. The number of aromatic hydroxyl groups is 1. The molecule has 1 aromatic rings. The van der Waals surface area contributed by atoms with E-state index in [0.29, 0.717) is 12.4 Å².